The van der Waals surface area contributed by atoms with E-state index >= 15 is 0 Å². The van der Waals surface area contributed by atoms with Crippen LogP contribution in [0.25, 0.3) is 0 Å². The van der Waals surface area contributed by atoms with E-state index in [0.717, 1.165) is 17.2 Å². The Bertz CT molecular complexity index is 459. The fourth-order valence-electron chi connectivity index (χ4n) is 2.98. The zero-order valence-electron chi connectivity index (χ0n) is 11.6. The van der Waals surface area contributed by atoms with Crippen LogP contribution in [-0.4, -0.2) is 13.1 Å². The van der Waals surface area contributed by atoms with Crippen LogP contribution >= 0.6 is 0 Å². The molecule has 2 rings (SSSR count). The van der Waals surface area contributed by atoms with E-state index in [-0.39, 0.29) is 0 Å². The van der Waals surface area contributed by atoms with Crippen molar-refractivity contribution < 1.29 is 0 Å². The van der Waals surface area contributed by atoms with Crippen LogP contribution in [-0.2, 0) is 0 Å². The van der Waals surface area contributed by atoms with Crippen molar-refractivity contribution in [2.45, 2.75) is 45.6 Å². The average Bonchev–Trinajstić information content (AvgIpc) is 2.38. The van der Waals surface area contributed by atoms with Crippen LogP contribution in [0.1, 0.15) is 43.7 Å². The molecule has 0 bridgehead atoms. The maximum atomic E-state index is 9.23. The first-order valence-electron chi connectivity index (χ1n) is 6.85. The summed E-state index contributed by atoms with van der Waals surface area (Å²) in [5.74, 6) is 0.807. The average molecular weight is 242 g/mol. The van der Waals surface area contributed by atoms with Gasteiger partial charge in [0.1, 0.15) is 6.07 Å². The van der Waals surface area contributed by atoms with Crippen LogP contribution in [0, 0.1) is 24.2 Å². The fourth-order valence-corrected chi connectivity index (χ4v) is 2.98. The van der Waals surface area contributed by atoms with Gasteiger partial charge < -0.3 is 4.90 Å². The molecule has 0 radical (unpaired) electrons. The highest BCUT2D eigenvalue weighted by atomic mass is 15.1. The van der Waals surface area contributed by atoms with Crippen LogP contribution in [0.2, 0.25) is 0 Å². The van der Waals surface area contributed by atoms with Crippen LogP contribution in [0.5, 0.6) is 0 Å². The molecule has 0 aromatic heterocycles. The zero-order chi connectivity index (χ0) is 13.1. The van der Waals surface area contributed by atoms with Gasteiger partial charge in [-0.25, -0.2) is 0 Å². The number of rotatable bonds is 2. The number of nitriles is 1. The van der Waals surface area contributed by atoms with E-state index in [4.69, 9.17) is 0 Å². The lowest BCUT2D eigenvalue weighted by Crippen LogP contribution is -2.36. The molecule has 1 aromatic carbocycles. The summed E-state index contributed by atoms with van der Waals surface area (Å²) in [7, 11) is 2.14. The second-order valence-electron chi connectivity index (χ2n) is 5.67. The van der Waals surface area contributed by atoms with Gasteiger partial charge in [0.05, 0.1) is 11.3 Å². The lowest BCUT2D eigenvalue weighted by Gasteiger charge is -2.36. The number of aryl methyl sites for hydroxylation is 1. The highest BCUT2D eigenvalue weighted by Crippen LogP contribution is 2.31. The maximum Gasteiger partial charge on any atom is 0.101 e. The van der Waals surface area contributed by atoms with Crippen molar-refractivity contribution in [3.63, 3.8) is 0 Å². The molecule has 0 saturated heterocycles. The third-order valence-corrected chi connectivity index (χ3v) is 4.11. The number of benzene rings is 1. The molecule has 2 atom stereocenters. The summed E-state index contributed by atoms with van der Waals surface area (Å²) in [6, 6.07) is 8.99. The molecule has 0 aliphatic heterocycles. The summed E-state index contributed by atoms with van der Waals surface area (Å²) in [6.07, 6.45) is 5.15. The van der Waals surface area contributed by atoms with Crippen molar-refractivity contribution in [1.29, 1.82) is 5.26 Å². The SMILES string of the molecule is Cc1ccc(C#N)c(N(C)C2CCCC(C)C2)c1. The molecule has 2 heteroatoms. The number of anilines is 1. The van der Waals surface area contributed by atoms with Gasteiger partial charge >= 0.3 is 0 Å². The highest BCUT2D eigenvalue weighted by Gasteiger charge is 2.23. The van der Waals surface area contributed by atoms with Crippen molar-refractivity contribution >= 4 is 5.69 Å². The standard InChI is InChI=1S/C16H22N2/c1-12-5-4-6-15(9-12)18(3)16-10-13(2)7-8-14(16)11-17/h7-8,10,12,15H,4-6,9H2,1-3H3. The molecule has 0 heterocycles. The van der Waals surface area contributed by atoms with E-state index in [1.807, 2.05) is 12.1 Å². The van der Waals surface area contributed by atoms with Gasteiger partial charge in [0.15, 0.2) is 0 Å². The summed E-state index contributed by atoms with van der Waals surface area (Å²) < 4.78 is 0. The molecule has 0 N–H and O–H groups in total. The predicted octanol–water partition coefficient (Wildman–Crippen LogP) is 3.88. The van der Waals surface area contributed by atoms with Gasteiger partial charge in [0.2, 0.25) is 0 Å². The van der Waals surface area contributed by atoms with E-state index in [9.17, 15) is 5.26 Å². The Labute approximate surface area is 110 Å². The highest BCUT2D eigenvalue weighted by molar-refractivity contribution is 5.60. The minimum absolute atomic E-state index is 0.586. The first-order chi connectivity index (χ1) is 8.61. The number of hydrogen-bond acceptors (Lipinski definition) is 2. The van der Waals surface area contributed by atoms with Crippen LogP contribution in [0.15, 0.2) is 18.2 Å². The molecule has 1 aromatic rings. The fraction of sp³-hybridized carbons (Fsp3) is 0.562. The largest absolute Gasteiger partial charge is 0.371 e. The minimum atomic E-state index is 0.586. The lowest BCUT2D eigenvalue weighted by molar-refractivity contribution is 0.336. The topological polar surface area (TPSA) is 27.0 Å². The van der Waals surface area contributed by atoms with E-state index in [2.05, 4.69) is 37.9 Å². The van der Waals surface area contributed by atoms with Gasteiger partial charge in [-0.05, 0) is 43.4 Å². The second-order valence-corrected chi connectivity index (χ2v) is 5.67. The Morgan fingerprint density at radius 1 is 1.33 bits per heavy atom. The van der Waals surface area contributed by atoms with E-state index in [0.29, 0.717) is 6.04 Å². The minimum Gasteiger partial charge on any atom is -0.371 e. The smallest absolute Gasteiger partial charge is 0.101 e. The van der Waals surface area contributed by atoms with Crippen LogP contribution in [0.3, 0.4) is 0 Å². The molecule has 1 aliphatic rings. The van der Waals surface area contributed by atoms with Gasteiger partial charge in [-0.3, -0.25) is 0 Å². The first kappa shape index (κ1) is 13.0. The van der Waals surface area contributed by atoms with Crippen LogP contribution < -0.4 is 4.90 Å². The lowest BCUT2D eigenvalue weighted by atomic mass is 9.86. The summed E-state index contributed by atoms with van der Waals surface area (Å²) >= 11 is 0. The van der Waals surface area contributed by atoms with Gasteiger partial charge in [-0.15, -0.1) is 0 Å². The Morgan fingerprint density at radius 3 is 2.78 bits per heavy atom. The molecule has 1 aliphatic carbocycles. The zero-order valence-corrected chi connectivity index (χ0v) is 11.6. The third-order valence-electron chi connectivity index (χ3n) is 4.11. The van der Waals surface area contributed by atoms with Crippen molar-refractivity contribution in [2.24, 2.45) is 5.92 Å². The second kappa shape index (κ2) is 5.44. The molecule has 1 saturated carbocycles. The van der Waals surface area contributed by atoms with Crippen molar-refractivity contribution in [2.75, 3.05) is 11.9 Å². The predicted molar refractivity (Wildman–Crippen MR) is 75.7 cm³/mol. The van der Waals surface area contributed by atoms with Crippen LogP contribution in [0.4, 0.5) is 5.69 Å². The summed E-state index contributed by atoms with van der Waals surface area (Å²) in [5, 5.41) is 9.23. The Hall–Kier alpha value is -1.49. The van der Waals surface area contributed by atoms with Gasteiger partial charge in [0, 0.05) is 13.1 Å². The normalized spacial score (nSPS) is 23.4. The first-order valence-corrected chi connectivity index (χ1v) is 6.85. The Balaban J connectivity index is 2.25. The van der Waals surface area contributed by atoms with Gasteiger partial charge in [0.25, 0.3) is 0 Å². The molecule has 96 valence electrons. The van der Waals surface area contributed by atoms with Gasteiger partial charge in [-0.2, -0.15) is 5.26 Å². The Kier molecular flexibility index (Phi) is 3.91. The number of nitrogens with zero attached hydrogens (tertiary/aromatic N) is 2. The monoisotopic (exact) mass is 242 g/mol. The molecule has 0 spiro atoms. The Morgan fingerprint density at radius 2 is 2.11 bits per heavy atom. The molecule has 18 heavy (non-hydrogen) atoms. The molecule has 2 unspecified atom stereocenters. The molecular weight excluding hydrogens is 220 g/mol. The summed E-state index contributed by atoms with van der Waals surface area (Å²) in [5.41, 5.74) is 3.11. The molecular formula is C16H22N2. The van der Waals surface area contributed by atoms with Crippen molar-refractivity contribution in [1.82, 2.24) is 0 Å². The molecule has 0 amide bonds. The summed E-state index contributed by atoms with van der Waals surface area (Å²) in [6.45, 7) is 4.42. The van der Waals surface area contributed by atoms with E-state index < -0.39 is 0 Å². The quantitative estimate of drug-likeness (QED) is 0.787. The molecule has 1 fully saturated rings. The van der Waals surface area contributed by atoms with E-state index in [1.54, 1.807) is 0 Å². The summed E-state index contributed by atoms with van der Waals surface area (Å²) in [4.78, 5) is 2.32. The molecule has 2 nitrogen and oxygen atoms in total. The van der Waals surface area contributed by atoms with E-state index in [1.165, 1.54) is 31.2 Å². The van der Waals surface area contributed by atoms with Crippen molar-refractivity contribution in [3.05, 3.63) is 29.3 Å². The maximum absolute atomic E-state index is 9.23. The van der Waals surface area contributed by atoms with Crippen molar-refractivity contribution in [3.8, 4) is 6.07 Å². The third kappa shape index (κ3) is 2.67. The van der Waals surface area contributed by atoms with Gasteiger partial charge in [-0.1, -0.05) is 25.8 Å². The number of hydrogen-bond donors (Lipinski definition) is 0.